The van der Waals surface area contributed by atoms with Gasteiger partial charge in [-0.2, -0.15) is 0 Å². The topological polar surface area (TPSA) is 50.4 Å². The Hall–Kier alpha value is -0.820. The minimum atomic E-state index is -0.0342. The minimum absolute atomic E-state index is 0.0334. The van der Waals surface area contributed by atoms with Crippen molar-refractivity contribution in [3.8, 4) is 0 Å². The summed E-state index contributed by atoms with van der Waals surface area (Å²) < 4.78 is 6.12. The van der Waals surface area contributed by atoms with E-state index in [0.717, 1.165) is 5.69 Å². The first-order chi connectivity index (χ1) is 8.11. The zero-order valence-corrected chi connectivity index (χ0v) is 12.2. The first-order valence-electron chi connectivity index (χ1n) is 5.39. The lowest BCUT2D eigenvalue weighted by Crippen LogP contribution is -2.39. The van der Waals surface area contributed by atoms with E-state index < -0.39 is 0 Å². The van der Waals surface area contributed by atoms with Crippen LogP contribution in [0.25, 0.3) is 0 Å². The van der Waals surface area contributed by atoms with Gasteiger partial charge in [0.1, 0.15) is 0 Å². The Morgan fingerprint density at radius 1 is 1.41 bits per heavy atom. The van der Waals surface area contributed by atoms with Crippen molar-refractivity contribution in [3.05, 3.63) is 27.8 Å². The summed E-state index contributed by atoms with van der Waals surface area (Å²) in [5, 5.41) is 5.90. The number of ether oxygens (including phenoxy) is 1. The van der Waals surface area contributed by atoms with E-state index in [1.165, 1.54) is 3.57 Å². The quantitative estimate of drug-likeness (QED) is 0.772. The van der Waals surface area contributed by atoms with Crippen LogP contribution in [0.2, 0.25) is 0 Å². The number of methoxy groups -OCH3 is 1. The molecule has 0 radical (unpaired) electrons. The number of hydrogen-bond donors (Lipinski definition) is 2. The molecule has 94 valence electrons. The molecule has 1 aromatic carbocycles. The third-order valence-electron chi connectivity index (χ3n) is 2.12. The second-order valence-electron chi connectivity index (χ2n) is 3.78. The maximum absolute atomic E-state index is 11.5. The van der Waals surface area contributed by atoms with Crippen LogP contribution in [0.5, 0.6) is 0 Å². The van der Waals surface area contributed by atoms with Crippen molar-refractivity contribution in [1.82, 2.24) is 5.32 Å². The predicted molar refractivity (Wildman–Crippen MR) is 77.1 cm³/mol. The highest BCUT2D eigenvalue weighted by molar-refractivity contribution is 14.1. The van der Waals surface area contributed by atoms with Gasteiger partial charge in [0.15, 0.2) is 0 Å². The number of rotatable bonds is 6. The fourth-order valence-corrected chi connectivity index (χ4v) is 1.73. The van der Waals surface area contributed by atoms with Crippen molar-refractivity contribution in [2.45, 2.75) is 13.0 Å². The van der Waals surface area contributed by atoms with Gasteiger partial charge in [-0.15, -0.1) is 0 Å². The molecule has 17 heavy (non-hydrogen) atoms. The summed E-state index contributed by atoms with van der Waals surface area (Å²) in [6.07, 6.45) is 0. The normalized spacial score (nSPS) is 11.9. The summed E-state index contributed by atoms with van der Waals surface area (Å²) in [4.78, 5) is 11.5. The molecule has 1 aromatic rings. The Labute approximate surface area is 115 Å². The van der Waals surface area contributed by atoms with Crippen molar-refractivity contribution >= 4 is 34.2 Å². The molecule has 0 aliphatic rings. The molecule has 1 unspecified atom stereocenters. The van der Waals surface area contributed by atoms with E-state index in [1.807, 2.05) is 31.2 Å². The van der Waals surface area contributed by atoms with Gasteiger partial charge in [-0.25, -0.2) is 0 Å². The summed E-state index contributed by atoms with van der Waals surface area (Å²) >= 11 is 2.24. The van der Waals surface area contributed by atoms with Crippen molar-refractivity contribution in [2.24, 2.45) is 0 Å². The molecule has 0 fully saturated rings. The predicted octanol–water partition coefficient (Wildman–Crippen LogP) is 1.85. The highest BCUT2D eigenvalue weighted by atomic mass is 127. The van der Waals surface area contributed by atoms with E-state index in [4.69, 9.17) is 4.74 Å². The van der Waals surface area contributed by atoms with Crippen LogP contribution in [-0.2, 0) is 9.53 Å². The standard InChI is InChI=1S/C12H17IN2O2/c1-9(8-17-2)15-12(16)7-14-11-5-3-10(13)4-6-11/h3-6,9,14H,7-8H2,1-2H3,(H,15,16). The van der Waals surface area contributed by atoms with Gasteiger partial charge in [-0.05, 0) is 53.8 Å². The Bertz CT molecular complexity index is 354. The van der Waals surface area contributed by atoms with Crippen LogP contribution in [0.3, 0.4) is 0 Å². The molecule has 0 aliphatic heterocycles. The van der Waals surface area contributed by atoms with Crippen LogP contribution in [0.1, 0.15) is 6.92 Å². The largest absolute Gasteiger partial charge is 0.383 e. The van der Waals surface area contributed by atoms with Gasteiger partial charge in [0, 0.05) is 22.4 Å². The second-order valence-corrected chi connectivity index (χ2v) is 5.03. The smallest absolute Gasteiger partial charge is 0.239 e. The average Bonchev–Trinajstić information content (AvgIpc) is 2.28. The van der Waals surface area contributed by atoms with Gasteiger partial charge >= 0.3 is 0 Å². The SMILES string of the molecule is COCC(C)NC(=O)CNc1ccc(I)cc1. The van der Waals surface area contributed by atoms with Crippen LogP contribution < -0.4 is 10.6 Å². The van der Waals surface area contributed by atoms with Crippen LogP contribution in [0, 0.1) is 3.57 Å². The Morgan fingerprint density at radius 2 is 2.06 bits per heavy atom. The van der Waals surface area contributed by atoms with E-state index >= 15 is 0 Å². The fourth-order valence-electron chi connectivity index (χ4n) is 1.37. The molecule has 0 aromatic heterocycles. The average molecular weight is 348 g/mol. The van der Waals surface area contributed by atoms with E-state index in [2.05, 4.69) is 33.2 Å². The van der Waals surface area contributed by atoms with Crippen molar-refractivity contribution in [2.75, 3.05) is 25.6 Å². The van der Waals surface area contributed by atoms with Crippen molar-refractivity contribution in [1.29, 1.82) is 0 Å². The van der Waals surface area contributed by atoms with Gasteiger partial charge in [0.25, 0.3) is 0 Å². The zero-order chi connectivity index (χ0) is 12.7. The molecule has 0 heterocycles. The Balaban J connectivity index is 2.30. The Morgan fingerprint density at radius 3 is 2.65 bits per heavy atom. The van der Waals surface area contributed by atoms with Crippen LogP contribution in [0.4, 0.5) is 5.69 Å². The van der Waals surface area contributed by atoms with E-state index in [0.29, 0.717) is 6.61 Å². The fraction of sp³-hybridized carbons (Fsp3) is 0.417. The third-order valence-corrected chi connectivity index (χ3v) is 2.84. The van der Waals surface area contributed by atoms with Gasteiger partial charge in [-0.1, -0.05) is 0 Å². The first kappa shape index (κ1) is 14.2. The van der Waals surface area contributed by atoms with Gasteiger partial charge < -0.3 is 15.4 Å². The lowest BCUT2D eigenvalue weighted by atomic mass is 10.3. The highest BCUT2D eigenvalue weighted by Crippen LogP contribution is 2.10. The number of carbonyl (C=O) groups is 1. The van der Waals surface area contributed by atoms with E-state index in [1.54, 1.807) is 7.11 Å². The summed E-state index contributed by atoms with van der Waals surface area (Å²) in [6, 6.07) is 7.93. The van der Waals surface area contributed by atoms with Crippen LogP contribution in [0.15, 0.2) is 24.3 Å². The molecule has 1 amide bonds. The van der Waals surface area contributed by atoms with Crippen LogP contribution in [-0.4, -0.2) is 32.2 Å². The molecule has 1 atom stereocenters. The van der Waals surface area contributed by atoms with Gasteiger partial charge in [0.05, 0.1) is 13.2 Å². The van der Waals surface area contributed by atoms with Crippen LogP contribution >= 0.6 is 22.6 Å². The molecular weight excluding hydrogens is 331 g/mol. The molecule has 5 heteroatoms. The van der Waals surface area contributed by atoms with Crippen molar-refractivity contribution < 1.29 is 9.53 Å². The monoisotopic (exact) mass is 348 g/mol. The molecule has 0 aliphatic carbocycles. The number of anilines is 1. The molecule has 1 rings (SSSR count). The summed E-state index contributed by atoms with van der Waals surface area (Å²) in [6.45, 7) is 2.70. The number of carbonyl (C=O) groups excluding carboxylic acids is 1. The molecule has 0 saturated carbocycles. The summed E-state index contributed by atoms with van der Waals surface area (Å²) in [5.74, 6) is -0.0342. The minimum Gasteiger partial charge on any atom is -0.383 e. The molecule has 0 saturated heterocycles. The summed E-state index contributed by atoms with van der Waals surface area (Å²) in [5.41, 5.74) is 0.944. The lowest BCUT2D eigenvalue weighted by Gasteiger charge is -2.13. The third kappa shape index (κ3) is 5.88. The summed E-state index contributed by atoms with van der Waals surface area (Å²) in [7, 11) is 1.62. The molecular formula is C12H17IN2O2. The molecule has 0 spiro atoms. The first-order valence-corrected chi connectivity index (χ1v) is 6.47. The Kier molecular flexibility index (Phi) is 6.28. The number of hydrogen-bond acceptors (Lipinski definition) is 3. The molecule has 0 bridgehead atoms. The number of nitrogens with one attached hydrogen (secondary N) is 2. The molecule has 4 nitrogen and oxygen atoms in total. The maximum Gasteiger partial charge on any atom is 0.239 e. The molecule has 2 N–H and O–H groups in total. The number of amides is 1. The zero-order valence-electron chi connectivity index (χ0n) is 10.00. The van der Waals surface area contributed by atoms with E-state index in [-0.39, 0.29) is 18.5 Å². The second kappa shape index (κ2) is 7.50. The van der Waals surface area contributed by atoms with E-state index in [9.17, 15) is 4.79 Å². The highest BCUT2D eigenvalue weighted by Gasteiger charge is 2.06. The van der Waals surface area contributed by atoms with Gasteiger partial charge in [-0.3, -0.25) is 4.79 Å². The number of halogens is 1. The number of benzene rings is 1. The van der Waals surface area contributed by atoms with Crippen molar-refractivity contribution in [3.63, 3.8) is 0 Å². The lowest BCUT2D eigenvalue weighted by molar-refractivity contribution is -0.120. The van der Waals surface area contributed by atoms with Gasteiger partial charge in [0.2, 0.25) is 5.91 Å². The maximum atomic E-state index is 11.5.